The smallest absolute Gasteiger partial charge is 0.108 e. The highest BCUT2D eigenvalue weighted by molar-refractivity contribution is 6.18. The van der Waals surface area contributed by atoms with Gasteiger partial charge >= 0.3 is 0 Å². The third kappa shape index (κ3) is 4.25. The first-order valence-electron chi connectivity index (χ1n) is 5.65. The molecule has 0 radical (unpaired) electrons. The van der Waals surface area contributed by atoms with Crippen LogP contribution >= 0.6 is 11.6 Å². The summed E-state index contributed by atoms with van der Waals surface area (Å²) in [5.74, 6) is 3.29. The Kier molecular flexibility index (Phi) is 5.16. The molecule has 0 aliphatic carbocycles. The van der Waals surface area contributed by atoms with Gasteiger partial charge in [0.1, 0.15) is 5.82 Å². The molecule has 1 aromatic rings. The van der Waals surface area contributed by atoms with Crippen molar-refractivity contribution in [1.82, 2.24) is 9.55 Å². The van der Waals surface area contributed by atoms with Crippen LogP contribution in [0, 0.1) is 11.8 Å². The Morgan fingerprint density at radius 2 is 2.20 bits per heavy atom. The number of imidazole rings is 1. The van der Waals surface area contributed by atoms with Gasteiger partial charge in [0.15, 0.2) is 0 Å². The van der Waals surface area contributed by atoms with E-state index in [2.05, 4.69) is 23.4 Å². The lowest BCUT2D eigenvalue weighted by Gasteiger charge is -2.15. The van der Waals surface area contributed by atoms with E-state index in [-0.39, 0.29) is 0 Å². The maximum Gasteiger partial charge on any atom is 0.108 e. The molecule has 86 valence electrons. The Morgan fingerprint density at radius 1 is 1.47 bits per heavy atom. The highest BCUT2D eigenvalue weighted by Gasteiger charge is 2.11. The van der Waals surface area contributed by atoms with E-state index in [1.165, 1.54) is 6.42 Å². The summed E-state index contributed by atoms with van der Waals surface area (Å²) < 4.78 is 2.08. The van der Waals surface area contributed by atoms with Crippen molar-refractivity contribution in [1.29, 1.82) is 0 Å². The van der Waals surface area contributed by atoms with Crippen molar-refractivity contribution in [2.75, 3.05) is 5.88 Å². The molecule has 0 N–H and O–H groups in total. The third-order valence-corrected chi connectivity index (χ3v) is 3.16. The molecule has 1 atom stereocenters. The summed E-state index contributed by atoms with van der Waals surface area (Å²) in [7, 11) is 2.04. The minimum Gasteiger partial charge on any atom is -0.338 e. The van der Waals surface area contributed by atoms with Gasteiger partial charge in [-0.15, -0.1) is 11.6 Å². The van der Waals surface area contributed by atoms with Crippen LogP contribution in [-0.2, 0) is 13.5 Å². The zero-order chi connectivity index (χ0) is 11.3. The second-order valence-corrected chi connectivity index (χ2v) is 4.95. The van der Waals surface area contributed by atoms with Crippen molar-refractivity contribution in [2.45, 2.75) is 33.1 Å². The highest BCUT2D eigenvalue weighted by Crippen LogP contribution is 2.18. The van der Waals surface area contributed by atoms with Gasteiger partial charge in [0.05, 0.1) is 0 Å². The Balaban J connectivity index is 2.37. The molecule has 1 rings (SSSR count). The molecule has 0 bridgehead atoms. The summed E-state index contributed by atoms with van der Waals surface area (Å²) in [5.41, 5.74) is 0. The zero-order valence-corrected chi connectivity index (χ0v) is 10.7. The fraction of sp³-hybridized carbons (Fsp3) is 0.750. The van der Waals surface area contributed by atoms with Gasteiger partial charge in [-0.25, -0.2) is 4.98 Å². The van der Waals surface area contributed by atoms with Crippen LogP contribution in [-0.4, -0.2) is 15.4 Å². The van der Waals surface area contributed by atoms with Gasteiger partial charge in [-0.2, -0.15) is 0 Å². The van der Waals surface area contributed by atoms with Crippen molar-refractivity contribution >= 4 is 11.6 Å². The van der Waals surface area contributed by atoms with Crippen LogP contribution in [0.15, 0.2) is 12.4 Å². The van der Waals surface area contributed by atoms with Crippen molar-refractivity contribution in [3.05, 3.63) is 18.2 Å². The van der Waals surface area contributed by atoms with E-state index in [0.29, 0.717) is 5.92 Å². The maximum absolute atomic E-state index is 5.96. The average Bonchev–Trinajstić information content (AvgIpc) is 2.58. The van der Waals surface area contributed by atoms with E-state index in [1.54, 1.807) is 0 Å². The molecule has 0 saturated carbocycles. The summed E-state index contributed by atoms with van der Waals surface area (Å²) in [6, 6.07) is 0. The SMILES string of the molecule is CC(C)CC(CCl)CCc1nccn1C. The quantitative estimate of drug-likeness (QED) is 0.684. The van der Waals surface area contributed by atoms with Gasteiger partial charge in [-0.3, -0.25) is 0 Å². The van der Waals surface area contributed by atoms with Crippen molar-refractivity contribution in [2.24, 2.45) is 18.9 Å². The minimum atomic E-state index is 0.628. The van der Waals surface area contributed by atoms with E-state index in [9.17, 15) is 0 Å². The lowest BCUT2D eigenvalue weighted by Crippen LogP contribution is -2.09. The Labute approximate surface area is 97.7 Å². The predicted octanol–water partition coefficient (Wildman–Crippen LogP) is 3.25. The van der Waals surface area contributed by atoms with Crippen LogP contribution in [0.3, 0.4) is 0 Å². The summed E-state index contributed by atoms with van der Waals surface area (Å²) in [5, 5.41) is 0. The number of nitrogens with zero attached hydrogens (tertiary/aromatic N) is 2. The molecular formula is C12H21ClN2. The van der Waals surface area contributed by atoms with E-state index in [0.717, 1.165) is 30.5 Å². The van der Waals surface area contributed by atoms with Crippen LogP contribution in [0.5, 0.6) is 0 Å². The van der Waals surface area contributed by atoms with Crippen LogP contribution in [0.4, 0.5) is 0 Å². The van der Waals surface area contributed by atoms with E-state index >= 15 is 0 Å². The first-order chi connectivity index (χ1) is 7.13. The topological polar surface area (TPSA) is 17.8 Å². The molecule has 0 aromatic carbocycles. The molecule has 0 amide bonds. The number of hydrogen-bond donors (Lipinski definition) is 0. The highest BCUT2D eigenvalue weighted by atomic mass is 35.5. The van der Waals surface area contributed by atoms with Crippen molar-refractivity contribution in [3.63, 3.8) is 0 Å². The number of halogens is 1. The van der Waals surface area contributed by atoms with E-state index < -0.39 is 0 Å². The Morgan fingerprint density at radius 3 is 2.67 bits per heavy atom. The summed E-state index contributed by atoms with van der Waals surface area (Å²) >= 11 is 5.96. The monoisotopic (exact) mass is 228 g/mol. The molecule has 1 aromatic heterocycles. The Hall–Kier alpha value is -0.500. The van der Waals surface area contributed by atoms with Crippen molar-refractivity contribution in [3.8, 4) is 0 Å². The standard InChI is InChI=1S/C12H21ClN2/c1-10(2)8-11(9-13)4-5-12-14-6-7-15(12)3/h6-7,10-11H,4-5,8-9H2,1-3H3. The molecule has 1 heterocycles. The first kappa shape index (κ1) is 12.6. The number of aromatic nitrogens is 2. The largest absolute Gasteiger partial charge is 0.338 e. The normalized spacial score (nSPS) is 13.4. The number of alkyl halides is 1. The van der Waals surface area contributed by atoms with Crippen LogP contribution in [0.2, 0.25) is 0 Å². The van der Waals surface area contributed by atoms with Crippen LogP contribution < -0.4 is 0 Å². The molecular weight excluding hydrogens is 208 g/mol. The molecule has 15 heavy (non-hydrogen) atoms. The third-order valence-electron chi connectivity index (χ3n) is 2.72. The lowest BCUT2D eigenvalue weighted by molar-refractivity contribution is 0.415. The zero-order valence-electron chi connectivity index (χ0n) is 9.91. The van der Waals surface area contributed by atoms with Gasteiger partial charge in [0, 0.05) is 31.7 Å². The van der Waals surface area contributed by atoms with Gasteiger partial charge < -0.3 is 4.57 Å². The summed E-state index contributed by atoms with van der Waals surface area (Å²) in [4.78, 5) is 4.32. The summed E-state index contributed by atoms with van der Waals surface area (Å²) in [6.07, 6.45) is 7.25. The molecule has 0 saturated heterocycles. The molecule has 3 heteroatoms. The maximum atomic E-state index is 5.96. The fourth-order valence-electron chi connectivity index (χ4n) is 1.90. The molecule has 0 fully saturated rings. The van der Waals surface area contributed by atoms with E-state index in [1.807, 2.05) is 19.4 Å². The number of aryl methyl sites for hydroxylation is 2. The van der Waals surface area contributed by atoms with Crippen LogP contribution in [0.25, 0.3) is 0 Å². The fourth-order valence-corrected chi connectivity index (χ4v) is 2.18. The second-order valence-electron chi connectivity index (χ2n) is 4.64. The average molecular weight is 229 g/mol. The van der Waals surface area contributed by atoms with E-state index in [4.69, 9.17) is 11.6 Å². The van der Waals surface area contributed by atoms with Crippen molar-refractivity contribution < 1.29 is 0 Å². The number of rotatable bonds is 6. The van der Waals surface area contributed by atoms with Gasteiger partial charge in [0.2, 0.25) is 0 Å². The molecule has 0 aliphatic rings. The second kappa shape index (κ2) is 6.16. The first-order valence-corrected chi connectivity index (χ1v) is 6.19. The summed E-state index contributed by atoms with van der Waals surface area (Å²) in [6.45, 7) is 4.50. The Bertz CT molecular complexity index is 281. The molecule has 0 aliphatic heterocycles. The van der Waals surface area contributed by atoms with Crippen LogP contribution in [0.1, 0.15) is 32.5 Å². The molecule has 0 spiro atoms. The predicted molar refractivity (Wildman–Crippen MR) is 65.2 cm³/mol. The van der Waals surface area contributed by atoms with Gasteiger partial charge in [0.25, 0.3) is 0 Å². The lowest BCUT2D eigenvalue weighted by atomic mass is 9.94. The molecule has 2 nitrogen and oxygen atoms in total. The number of hydrogen-bond acceptors (Lipinski definition) is 1. The molecule has 1 unspecified atom stereocenters. The van der Waals surface area contributed by atoms with Gasteiger partial charge in [-0.05, 0) is 24.7 Å². The van der Waals surface area contributed by atoms with Gasteiger partial charge in [-0.1, -0.05) is 13.8 Å². The minimum absolute atomic E-state index is 0.628.